The first kappa shape index (κ1) is 20.6. The minimum absolute atomic E-state index is 0.0668. The normalized spacial score (nSPS) is 12.7. The molecule has 1 aromatic carbocycles. The topological polar surface area (TPSA) is 141 Å². The van der Waals surface area contributed by atoms with Crippen LogP contribution in [0.5, 0.6) is 0 Å². The van der Waals surface area contributed by atoms with Gasteiger partial charge in [0.1, 0.15) is 6.04 Å². The molecule has 3 aromatic rings. The van der Waals surface area contributed by atoms with Gasteiger partial charge >= 0.3 is 0 Å². The third-order valence-electron chi connectivity index (χ3n) is 4.36. The van der Waals surface area contributed by atoms with Gasteiger partial charge in [0.05, 0.1) is 4.90 Å². The lowest BCUT2D eigenvalue weighted by atomic mass is 10.0. The first-order chi connectivity index (χ1) is 13.7. The fourth-order valence-corrected chi connectivity index (χ4v) is 3.27. The summed E-state index contributed by atoms with van der Waals surface area (Å²) in [5, 5.41) is 12.0. The number of pyridine rings is 1. The van der Waals surface area contributed by atoms with Crippen LogP contribution < -0.4 is 10.5 Å². The Morgan fingerprint density at radius 2 is 2.00 bits per heavy atom. The summed E-state index contributed by atoms with van der Waals surface area (Å²) in [6.45, 7) is 5.50. The largest absolute Gasteiger partial charge is 0.340 e. The molecular formula is C19H21N5O4S. The lowest BCUT2D eigenvalue weighted by Crippen LogP contribution is -2.32. The Kier molecular flexibility index (Phi) is 5.76. The number of carbonyl (C=O) groups excluding carboxylic acids is 1. The number of nitrogens with two attached hydrogens (primary N) is 1. The number of amides is 1. The molecule has 1 amide bonds. The van der Waals surface area contributed by atoms with E-state index in [-0.39, 0.29) is 22.3 Å². The third-order valence-corrected chi connectivity index (χ3v) is 5.27. The fraction of sp³-hybridized carbons (Fsp3) is 0.263. The summed E-state index contributed by atoms with van der Waals surface area (Å²) in [4.78, 5) is 21.1. The van der Waals surface area contributed by atoms with Crippen molar-refractivity contribution in [3.05, 3.63) is 59.7 Å². The molecule has 0 aliphatic carbocycles. The maximum atomic E-state index is 12.9. The first-order valence-electron chi connectivity index (χ1n) is 8.85. The van der Waals surface area contributed by atoms with Crippen LogP contribution in [0.1, 0.15) is 41.7 Å². The van der Waals surface area contributed by atoms with Crippen molar-refractivity contribution in [2.45, 2.75) is 31.7 Å². The molecule has 9 nitrogen and oxygen atoms in total. The van der Waals surface area contributed by atoms with Crippen molar-refractivity contribution in [1.29, 1.82) is 0 Å². The summed E-state index contributed by atoms with van der Waals surface area (Å²) in [6.07, 6.45) is 3.25. The second kappa shape index (κ2) is 8.10. The molecule has 0 saturated carbocycles. The van der Waals surface area contributed by atoms with Crippen molar-refractivity contribution < 1.29 is 17.7 Å². The van der Waals surface area contributed by atoms with E-state index < -0.39 is 22.0 Å². The zero-order valence-electron chi connectivity index (χ0n) is 16.2. The number of nitrogens with zero attached hydrogens (tertiary/aromatic N) is 3. The van der Waals surface area contributed by atoms with Crippen LogP contribution in [0, 0.1) is 12.8 Å². The molecule has 10 heteroatoms. The quantitative estimate of drug-likeness (QED) is 0.628. The Morgan fingerprint density at radius 3 is 2.62 bits per heavy atom. The molecule has 29 heavy (non-hydrogen) atoms. The van der Waals surface area contributed by atoms with Crippen molar-refractivity contribution in [1.82, 2.24) is 20.4 Å². The molecule has 152 valence electrons. The van der Waals surface area contributed by atoms with E-state index in [0.717, 1.165) is 0 Å². The Labute approximate surface area is 168 Å². The number of aromatic nitrogens is 3. The van der Waals surface area contributed by atoms with Gasteiger partial charge < -0.3 is 9.84 Å². The van der Waals surface area contributed by atoms with E-state index in [4.69, 9.17) is 9.66 Å². The molecule has 0 bridgehead atoms. The number of sulfonamides is 1. The van der Waals surface area contributed by atoms with Crippen LogP contribution >= 0.6 is 0 Å². The van der Waals surface area contributed by atoms with Crippen LogP contribution in [0.2, 0.25) is 0 Å². The molecule has 2 aromatic heterocycles. The highest BCUT2D eigenvalue weighted by atomic mass is 32.2. The van der Waals surface area contributed by atoms with Crippen molar-refractivity contribution in [3.8, 4) is 11.4 Å². The number of hydrogen-bond acceptors (Lipinski definition) is 7. The van der Waals surface area contributed by atoms with Gasteiger partial charge in [0.2, 0.25) is 21.7 Å². The minimum Gasteiger partial charge on any atom is -0.340 e. The van der Waals surface area contributed by atoms with E-state index in [0.29, 0.717) is 17.0 Å². The van der Waals surface area contributed by atoms with E-state index in [1.807, 2.05) is 13.8 Å². The highest BCUT2D eigenvalue weighted by Crippen LogP contribution is 2.24. The van der Waals surface area contributed by atoms with Gasteiger partial charge in [-0.3, -0.25) is 9.78 Å². The van der Waals surface area contributed by atoms with Crippen LogP contribution in [0.15, 0.2) is 52.1 Å². The molecule has 0 saturated heterocycles. The molecule has 0 radical (unpaired) electrons. The zero-order valence-corrected chi connectivity index (χ0v) is 17.0. The fourth-order valence-electron chi connectivity index (χ4n) is 2.73. The van der Waals surface area contributed by atoms with Crippen molar-refractivity contribution in [2.75, 3.05) is 0 Å². The number of rotatable bonds is 6. The van der Waals surface area contributed by atoms with E-state index in [2.05, 4.69) is 20.4 Å². The number of carbonyl (C=O) groups is 1. The Bertz CT molecular complexity index is 1130. The second-order valence-corrected chi connectivity index (χ2v) is 8.48. The average Bonchev–Trinajstić information content (AvgIpc) is 3.15. The number of benzene rings is 1. The summed E-state index contributed by atoms with van der Waals surface area (Å²) < 4.78 is 28.6. The molecule has 0 spiro atoms. The van der Waals surface area contributed by atoms with Crippen molar-refractivity contribution in [2.24, 2.45) is 11.1 Å². The van der Waals surface area contributed by atoms with E-state index in [1.54, 1.807) is 31.5 Å². The second-order valence-electron chi connectivity index (χ2n) is 6.91. The van der Waals surface area contributed by atoms with Crippen LogP contribution in [0.25, 0.3) is 11.4 Å². The standard InChI is InChI=1S/C19H21N5O4S/c1-11(2)16(19-23-17(24-28-19)13-5-4-8-21-10-13)22-18(25)15-9-14(29(20,26)27)7-6-12(15)3/h4-11,16H,1-3H3,(H,22,25)(H2,20,26,27). The molecule has 1 unspecified atom stereocenters. The van der Waals surface area contributed by atoms with Crippen LogP contribution in [-0.2, 0) is 10.0 Å². The van der Waals surface area contributed by atoms with E-state index in [9.17, 15) is 13.2 Å². The highest BCUT2D eigenvalue weighted by molar-refractivity contribution is 7.89. The molecule has 1 atom stereocenters. The highest BCUT2D eigenvalue weighted by Gasteiger charge is 2.26. The van der Waals surface area contributed by atoms with Crippen molar-refractivity contribution in [3.63, 3.8) is 0 Å². The summed E-state index contributed by atoms with van der Waals surface area (Å²) >= 11 is 0. The summed E-state index contributed by atoms with van der Waals surface area (Å²) in [6, 6.07) is 7.14. The van der Waals surface area contributed by atoms with Crippen molar-refractivity contribution >= 4 is 15.9 Å². The van der Waals surface area contributed by atoms with E-state index in [1.165, 1.54) is 18.2 Å². The number of aryl methyl sites for hydroxylation is 1. The Balaban J connectivity index is 1.89. The molecule has 3 rings (SSSR count). The predicted octanol–water partition coefficient (Wildman–Crippen LogP) is 2.21. The lowest BCUT2D eigenvalue weighted by Gasteiger charge is -2.19. The number of primary sulfonamides is 1. The summed E-state index contributed by atoms with van der Waals surface area (Å²) in [7, 11) is -3.93. The van der Waals surface area contributed by atoms with Gasteiger partial charge in [0, 0.05) is 23.5 Å². The van der Waals surface area contributed by atoms with Gasteiger partial charge in [0.15, 0.2) is 0 Å². The number of nitrogens with one attached hydrogen (secondary N) is 1. The summed E-state index contributed by atoms with van der Waals surface area (Å²) in [5.41, 5.74) is 1.50. The summed E-state index contributed by atoms with van der Waals surface area (Å²) in [5.74, 6) is 0.0727. The van der Waals surface area contributed by atoms with Gasteiger partial charge in [-0.2, -0.15) is 4.98 Å². The Morgan fingerprint density at radius 1 is 1.24 bits per heavy atom. The smallest absolute Gasteiger partial charge is 0.252 e. The maximum Gasteiger partial charge on any atom is 0.252 e. The van der Waals surface area contributed by atoms with Gasteiger partial charge in [-0.05, 0) is 42.7 Å². The molecular weight excluding hydrogens is 394 g/mol. The average molecular weight is 415 g/mol. The van der Waals surface area contributed by atoms with Gasteiger partial charge in [-0.25, -0.2) is 13.6 Å². The molecule has 3 N–H and O–H groups in total. The van der Waals surface area contributed by atoms with Crippen LogP contribution in [0.3, 0.4) is 0 Å². The number of hydrogen-bond donors (Lipinski definition) is 2. The van der Waals surface area contributed by atoms with Gasteiger partial charge in [-0.1, -0.05) is 25.1 Å². The van der Waals surface area contributed by atoms with Crippen LogP contribution in [0.4, 0.5) is 0 Å². The SMILES string of the molecule is Cc1ccc(S(N)(=O)=O)cc1C(=O)NC(c1nc(-c2cccnc2)no1)C(C)C. The molecule has 0 aliphatic rings. The van der Waals surface area contributed by atoms with Gasteiger partial charge in [0.25, 0.3) is 5.91 Å². The zero-order chi connectivity index (χ0) is 21.2. The monoisotopic (exact) mass is 415 g/mol. The predicted molar refractivity (Wildman–Crippen MR) is 105 cm³/mol. The molecule has 0 aliphatic heterocycles. The third kappa shape index (κ3) is 4.66. The maximum absolute atomic E-state index is 12.9. The molecule has 2 heterocycles. The minimum atomic E-state index is -3.93. The van der Waals surface area contributed by atoms with Crippen LogP contribution in [-0.4, -0.2) is 29.4 Å². The van der Waals surface area contributed by atoms with Gasteiger partial charge in [-0.15, -0.1) is 0 Å². The molecule has 0 fully saturated rings. The first-order valence-corrected chi connectivity index (χ1v) is 10.4. The lowest BCUT2D eigenvalue weighted by molar-refractivity contribution is 0.0913. The Hall–Kier alpha value is -3.11. The van der Waals surface area contributed by atoms with E-state index >= 15 is 0 Å².